The molecule has 7 nitrogen and oxygen atoms in total. The Balaban J connectivity index is 2.82. The molecule has 0 fully saturated rings. The average Bonchev–Trinajstić information content (AvgIpc) is 2.61. The molecule has 0 aliphatic carbocycles. The monoisotopic (exact) mass is 415 g/mol. The van der Waals surface area contributed by atoms with E-state index in [9.17, 15) is 9.13 Å². The largest absolute Gasteiger partial charge is 0.399 e. The van der Waals surface area contributed by atoms with Crippen molar-refractivity contribution >= 4 is 42.3 Å². The molecule has 0 saturated heterocycles. The van der Waals surface area contributed by atoms with Gasteiger partial charge in [-0.15, -0.1) is 0 Å². The Hall–Kier alpha value is -1.20. The summed E-state index contributed by atoms with van der Waals surface area (Å²) in [4.78, 5) is 0. The Morgan fingerprint density at radius 2 is 1.22 bits per heavy atom. The highest BCUT2D eigenvalue weighted by molar-refractivity contribution is 7.63. The number of hydrogen-bond donors (Lipinski definition) is 1. The zero-order chi connectivity index (χ0) is 20.1. The molecule has 0 heterocycles. The second kappa shape index (κ2) is 9.33. The molecule has 0 spiro atoms. The fourth-order valence-electron chi connectivity index (χ4n) is 2.87. The number of fused-ring (bicyclic) bond motifs is 1. The zero-order valence-corrected chi connectivity index (χ0v) is 17.9. The van der Waals surface area contributed by atoms with Crippen LogP contribution in [0.2, 0.25) is 0 Å². The van der Waals surface area contributed by atoms with E-state index in [4.69, 9.17) is 23.8 Å². The predicted octanol–water partition coefficient (Wildman–Crippen LogP) is 4.20. The Morgan fingerprint density at radius 1 is 0.741 bits per heavy atom. The van der Waals surface area contributed by atoms with E-state index in [0.717, 1.165) is 0 Å². The minimum Gasteiger partial charge on any atom is -0.399 e. The molecule has 0 aromatic heterocycles. The lowest BCUT2D eigenvalue weighted by Crippen LogP contribution is -2.17. The van der Waals surface area contributed by atoms with Crippen LogP contribution in [0.5, 0.6) is 0 Å². The SMILES string of the molecule is CCOP(=O)(OCC)c1cc(N)cc2c(P(=O)(OCC)OCC)cccc12. The van der Waals surface area contributed by atoms with Crippen LogP contribution in [0, 0.1) is 0 Å². The summed E-state index contributed by atoms with van der Waals surface area (Å²) in [5, 5.41) is 1.82. The highest BCUT2D eigenvalue weighted by Gasteiger charge is 2.33. The molecule has 0 amide bonds. The van der Waals surface area contributed by atoms with Crippen LogP contribution in [0.4, 0.5) is 5.69 Å². The fourth-order valence-corrected chi connectivity index (χ4v) is 6.48. The molecule has 2 aromatic rings. The fraction of sp³-hybridized carbons (Fsp3) is 0.444. The summed E-state index contributed by atoms with van der Waals surface area (Å²) in [7, 11) is -7.17. The van der Waals surface area contributed by atoms with Gasteiger partial charge in [-0.25, -0.2) is 0 Å². The van der Waals surface area contributed by atoms with Crippen LogP contribution >= 0.6 is 15.2 Å². The van der Waals surface area contributed by atoms with Gasteiger partial charge in [0.05, 0.1) is 37.0 Å². The van der Waals surface area contributed by atoms with E-state index < -0.39 is 15.2 Å². The standard InChI is InChI=1S/C18H27NO6P2/c1-5-22-26(20,23-6-2)17-11-9-10-15-16(17)12-14(19)13-18(15)27(21,24-7-3)25-8-4/h9-13H,5-8,19H2,1-4H3. The van der Waals surface area contributed by atoms with Crippen molar-refractivity contribution in [3.8, 4) is 0 Å². The number of anilines is 1. The highest BCUT2D eigenvalue weighted by atomic mass is 31.2. The van der Waals surface area contributed by atoms with Gasteiger partial charge in [0.15, 0.2) is 0 Å². The lowest BCUT2D eigenvalue weighted by Gasteiger charge is -2.22. The van der Waals surface area contributed by atoms with E-state index in [1.54, 1.807) is 58.0 Å². The summed E-state index contributed by atoms with van der Waals surface area (Å²) in [6.07, 6.45) is 0. The summed E-state index contributed by atoms with van der Waals surface area (Å²) in [5.41, 5.74) is 6.42. The Labute approximate surface area is 160 Å². The number of rotatable bonds is 10. The molecule has 0 radical (unpaired) electrons. The van der Waals surface area contributed by atoms with E-state index in [-0.39, 0.29) is 26.4 Å². The third-order valence-corrected chi connectivity index (χ3v) is 8.09. The predicted molar refractivity (Wildman–Crippen MR) is 109 cm³/mol. The lowest BCUT2D eigenvalue weighted by atomic mass is 10.1. The summed E-state index contributed by atoms with van der Waals surface area (Å²) in [6, 6.07) is 8.39. The van der Waals surface area contributed by atoms with Gasteiger partial charge in [0.2, 0.25) is 0 Å². The van der Waals surface area contributed by atoms with Crippen molar-refractivity contribution < 1.29 is 27.2 Å². The van der Waals surface area contributed by atoms with Crippen molar-refractivity contribution in [1.29, 1.82) is 0 Å². The summed E-state index contributed by atoms with van der Waals surface area (Å²) in [6.45, 7) is 7.84. The van der Waals surface area contributed by atoms with Gasteiger partial charge in [0.25, 0.3) is 0 Å². The zero-order valence-electron chi connectivity index (χ0n) is 16.1. The molecule has 2 N–H and O–H groups in total. The van der Waals surface area contributed by atoms with Gasteiger partial charge < -0.3 is 23.8 Å². The van der Waals surface area contributed by atoms with Gasteiger partial charge in [-0.3, -0.25) is 9.13 Å². The first-order valence-corrected chi connectivity index (χ1v) is 12.0. The van der Waals surface area contributed by atoms with Gasteiger partial charge in [-0.05, 0) is 51.3 Å². The van der Waals surface area contributed by atoms with Gasteiger partial charge in [0.1, 0.15) is 0 Å². The third kappa shape index (κ3) is 4.62. The smallest absolute Gasteiger partial charge is 0.362 e. The van der Waals surface area contributed by atoms with Crippen LogP contribution < -0.4 is 16.3 Å². The van der Waals surface area contributed by atoms with E-state index in [1.165, 1.54) is 0 Å². The van der Waals surface area contributed by atoms with Crippen LogP contribution in [-0.2, 0) is 27.2 Å². The van der Waals surface area contributed by atoms with E-state index in [1.807, 2.05) is 0 Å². The molecule has 27 heavy (non-hydrogen) atoms. The van der Waals surface area contributed by atoms with Gasteiger partial charge in [-0.2, -0.15) is 0 Å². The first kappa shape index (κ1) is 22.1. The molecule has 0 unspecified atom stereocenters. The quantitative estimate of drug-likeness (QED) is 0.459. The second-order valence-corrected chi connectivity index (χ2v) is 9.56. The molecule has 0 saturated carbocycles. The van der Waals surface area contributed by atoms with Crippen LogP contribution in [0.3, 0.4) is 0 Å². The third-order valence-electron chi connectivity index (χ3n) is 3.76. The second-order valence-electron chi connectivity index (χ2n) is 5.58. The first-order valence-electron chi connectivity index (χ1n) is 8.96. The molecule has 9 heteroatoms. The molecule has 0 bridgehead atoms. The van der Waals surface area contributed by atoms with Gasteiger partial charge in [-0.1, -0.05) is 12.1 Å². The maximum atomic E-state index is 13.4. The van der Waals surface area contributed by atoms with Crippen molar-refractivity contribution in [3.05, 3.63) is 30.3 Å². The van der Waals surface area contributed by atoms with Crippen LogP contribution in [0.1, 0.15) is 27.7 Å². The number of hydrogen-bond acceptors (Lipinski definition) is 7. The Bertz CT molecular complexity index is 866. The molecular formula is C18H27NO6P2. The normalized spacial score (nSPS) is 12.6. The topological polar surface area (TPSA) is 97.1 Å². The average molecular weight is 415 g/mol. The van der Waals surface area contributed by atoms with Gasteiger partial charge in [0, 0.05) is 11.1 Å². The first-order chi connectivity index (χ1) is 12.8. The van der Waals surface area contributed by atoms with E-state index in [2.05, 4.69) is 0 Å². The van der Waals surface area contributed by atoms with Crippen LogP contribution in [0.25, 0.3) is 10.8 Å². The summed E-state index contributed by atoms with van der Waals surface area (Å²) >= 11 is 0. The van der Waals surface area contributed by atoms with E-state index >= 15 is 0 Å². The summed E-state index contributed by atoms with van der Waals surface area (Å²) < 4.78 is 48.6. The van der Waals surface area contributed by atoms with Crippen molar-refractivity contribution in [2.24, 2.45) is 0 Å². The van der Waals surface area contributed by atoms with Crippen molar-refractivity contribution in [2.75, 3.05) is 32.2 Å². The molecule has 150 valence electrons. The summed E-state index contributed by atoms with van der Waals surface area (Å²) in [5.74, 6) is 0. The number of nitrogens with two attached hydrogens (primary N) is 1. The van der Waals surface area contributed by atoms with E-state index in [0.29, 0.717) is 27.1 Å². The van der Waals surface area contributed by atoms with Crippen molar-refractivity contribution in [2.45, 2.75) is 27.7 Å². The Morgan fingerprint density at radius 3 is 1.70 bits per heavy atom. The maximum absolute atomic E-state index is 13.4. The van der Waals surface area contributed by atoms with Crippen LogP contribution in [-0.4, -0.2) is 26.4 Å². The van der Waals surface area contributed by atoms with Crippen LogP contribution in [0.15, 0.2) is 30.3 Å². The molecule has 2 rings (SSSR count). The lowest BCUT2D eigenvalue weighted by molar-refractivity contribution is 0.229. The van der Waals surface area contributed by atoms with Gasteiger partial charge >= 0.3 is 15.2 Å². The van der Waals surface area contributed by atoms with Crippen molar-refractivity contribution in [1.82, 2.24) is 0 Å². The molecular weight excluding hydrogens is 388 g/mol. The molecule has 2 aromatic carbocycles. The molecule has 0 aliphatic heterocycles. The number of nitrogen functional groups attached to an aromatic ring is 1. The highest BCUT2D eigenvalue weighted by Crippen LogP contribution is 2.51. The molecule has 0 atom stereocenters. The number of benzene rings is 2. The maximum Gasteiger partial charge on any atom is 0.362 e. The Kier molecular flexibility index (Phi) is 7.64. The minimum atomic E-state index is -3.60. The minimum absolute atomic E-state index is 0.212. The molecule has 0 aliphatic rings. The van der Waals surface area contributed by atoms with Crippen molar-refractivity contribution in [3.63, 3.8) is 0 Å².